The van der Waals surface area contributed by atoms with Gasteiger partial charge in [0.2, 0.25) is 5.91 Å². The van der Waals surface area contributed by atoms with Crippen LogP contribution in [0.25, 0.3) is 0 Å². The van der Waals surface area contributed by atoms with Gasteiger partial charge in [-0.2, -0.15) is 0 Å². The van der Waals surface area contributed by atoms with Gasteiger partial charge in [-0.3, -0.25) is 14.5 Å². The number of fused-ring (bicyclic) bond motifs is 1. The molecule has 0 aromatic heterocycles. The van der Waals surface area contributed by atoms with Crippen LogP contribution >= 0.6 is 0 Å². The van der Waals surface area contributed by atoms with E-state index in [9.17, 15) is 9.59 Å². The van der Waals surface area contributed by atoms with E-state index in [1.54, 1.807) is 12.0 Å². The van der Waals surface area contributed by atoms with Gasteiger partial charge < -0.3 is 19.7 Å². The van der Waals surface area contributed by atoms with Gasteiger partial charge >= 0.3 is 0 Å². The molecule has 2 atom stereocenters. The smallest absolute Gasteiger partial charge is 0.254 e. The summed E-state index contributed by atoms with van der Waals surface area (Å²) in [4.78, 5) is 31.2. The van der Waals surface area contributed by atoms with Crippen LogP contribution in [0.1, 0.15) is 39.9 Å². The van der Waals surface area contributed by atoms with Gasteiger partial charge in [0.1, 0.15) is 0 Å². The van der Waals surface area contributed by atoms with Gasteiger partial charge in [-0.25, -0.2) is 0 Å². The van der Waals surface area contributed by atoms with Gasteiger partial charge in [0.25, 0.3) is 5.91 Å². The van der Waals surface area contributed by atoms with E-state index >= 15 is 0 Å². The van der Waals surface area contributed by atoms with Crippen molar-refractivity contribution in [1.29, 1.82) is 0 Å². The monoisotopic (exact) mass is 451 g/mol. The van der Waals surface area contributed by atoms with Crippen molar-refractivity contribution in [3.63, 3.8) is 0 Å². The predicted octanol–water partition coefficient (Wildman–Crippen LogP) is 2.45. The second-order valence-corrected chi connectivity index (χ2v) is 8.51. The topological polar surface area (TPSA) is 71.1 Å². The molecule has 1 N–H and O–H groups in total. The van der Waals surface area contributed by atoms with Crippen molar-refractivity contribution in [2.75, 3.05) is 59.7 Å². The van der Waals surface area contributed by atoms with Gasteiger partial charge in [-0.1, -0.05) is 48.5 Å². The van der Waals surface area contributed by atoms with E-state index in [0.717, 1.165) is 50.4 Å². The molecule has 2 aliphatic heterocycles. The summed E-state index contributed by atoms with van der Waals surface area (Å²) in [5.41, 5.74) is 2.33. The number of methoxy groups -OCH3 is 1. The third-order valence-electron chi connectivity index (χ3n) is 6.45. The number of carbonyl (C=O) groups excluding carboxylic acids is 2. The zero-order valence-electron chi connectivity index (χ0n) is 19.2. The Hall–Kier alpha value is -2.74. The Kier molecular flexibility index (Phi) is 8.10. The Labute approximate surface area is 195 Å². The Bertz CT molecular complexity index is 930. The van der Waals surface area contributed by atoms with Gasteiger partial charge in [0.15, 0.2) is 0 Å². The first-order chi connectivity index (χ1) is 16.2. The first kappa shape index (κ1) is 23.4. The van der Waals surface area contributed by atoms with E-state index in [4.69, 9.17) is 9.47 Å². The Morgan fingerprint density at radius 3 is 2.55 bits per heavy atom. The maximum absolute atomic E-state index is 13.6. The summed E-state index contributed by atoms with van der Waals surface area (Å²) in [5.74, 6) is -0.595. The second kappa shape index (κ2) is 11.4. The SMILES string of the molecule is COCCN1C(=O)c2ccccc2[C@@H](C(=O)NCCCN2CCOCC2)[C@H]1c1ccccc1. The third-order valence-corrected chi connectivity index (χ3v) is 6.45. The summed E-state index contributed by atoms with van der Waals surface area (Å²) in [6.45, 7) is 5.79. The fourth-order valence-corrected chi connectivity index (χ4v) is 4.78. The number of rotatable bonds is 9. The average Bonchev–Trinajstić information content (AvgIpc) is 2.87. The zero-order valence-corrected chi connectivity index (χ0v) is 19.2. The van der Waals surface area contributed by atoms with Crippen LogP contribution in [0.5, 0.6) is 0 Å². The molecule has 1 saturated heterocycles. The maximum atomic E-state index is 13.6. The van der Waals surface area contributed by atoms with Crippen LogP contribution in [0.2, 0.25) is 0 Å². The van der Waals surface area contributed by atoms with Crippen LogP contribution < -0.4 is 5.32 Å². The summed E-state index contributed by atoms with van der Waals surface area (Å²) in [7, 11) is 1.62. The van der Waals surface area contributed by atoms with Crippen LogP contribution in [0.4, 0.5) is 0 Å². The van der Waals surface area contributed by atoms with E-state index < -0.39 is 5.92 Å². The number of amides is 2. The average molecular weight is 452 g/mol. The second-order valence-electron chi connectivity index (χ2n) is 8.51. The molecule has 0 spiro atoms. The number of benzene rings is 2. The number of carbonyl (C=O) groups is 2. The fraction of sp³-hybridized carbons (Fsp3) is 0.462. The lowest BCUT2D eigenvalue weighted by atomic mass is 9.79. The number of morpholine rings is 1. The lowest BCUT2D eigenvalue weighted by Gasteiger charge is -2.41. The van der Waals surface area contributed by atoms with Crippen molar-refractivity contribution < 1.29 is 19.1 Å². The first-order valence-corrected chi connectivity index (χ1v) is 11.7. The highest BCUT2D eigenvalue weighted by Gasteiger charge is 2.43. The van der Waals surface area contributed by atoms with Gasteiger partial charge in [-0.15, -0.1) is 0 Å². The lowest BCUT2D eigenvalue weighted by molar-refractivity contribution is -0.124. The highest BCUT2D eigenvalue weighted by molar-refractivity contribution is 6.01. The molecule has 2 aliphatic rings. The van der Waals surface area contributed by atoms with Crippen LogP contribution in [0.3, 0.4) is 0 Å². The molecule has 0 bridgehead atoms. The standard InChI is InChI=1S/C26H33N3O4/c1-32-17-16-29-24(20-8-3-2-4-9-20)23(21-10-5-6-11-22(21)26(29)31)25(30)27-12-7-13-28-14-18-33-19-15-28/h2-6,8-11,23-24H,7,12-19H2,1H3,(H,27,30)/t23-,24-/m1/s1. The predicted molar refractivity (Wildman–Crippen MR) is 126 cm³/mol. The van der Waals surface area contributed by atoms with Crippen molar-refractivity contribution >= 4 is 11.8 Å². The van der Waals surface area contributed by atoms with Crippen molar-refractivity contribution in [2.45, 2.75) is 18.4 Å². The minimum atomic E-state index is -0.485. The largest absolute Gasteiger partial charge is 0.383 e. The number of hydrogen-bond acceptors (Lipinski definition) is 5. The summed E-state index contributed by atoms with van der Waals surface area (Å²) in [5, 5.41) is 3.16. The van der Waals surface area contributed by atoms with E-state index in [0.29, 0.717) is 25.3 Å². The molecule has 4 rings (SSSR count). The Morgan fingerprint density at radius 1 is 1.06 bits per heavy atom. The normalized spacial score (nSPS) is 21.0. The summed E-state index contributed by atoms with van der Waals surface area (Å²) >= 11 is 0. The van der Waals surface area contributed by atoms with E-state index in [2.05, 4.69) is 10.2 Å². The van der Waals surface area contributed by atoms with Crippen molar-refractivity contribution in [3.8, 4) is 0 Å². The summed E-state index contributed by atoms with van der Waals surface area (Å²) in [6.07, 6.45) is 0.877. The Balaban J connectivity index is 1.57. The molecule has 2 aromatic rings. The van der Waals surface area contributed by atoms with Crippen LogP contribution in [0, 0.1) is 0 Å². The number of hydrogen-bond donors (Lipinski definition) is 1. The molecular formula is C26H33N3O4. The third kappa shape index (κ3) is 5.43. The molecule has 1 fully saturated rings. The van der Waals surface area contributed by atoms with Crippen molar-refractivity contribution in [2.24, 2.45) is 0 Å². The molecule has 7 nitrogen and oxygen atoms in total. The summed E-state index contributed by atoms with van der Waals surface area (Å²) in [6, 6.07) is 16.9. The van der Waals surface area contributed by atoms with Gasteiger partial charge in [-0.05, 0) is 30.2 Å². The first-order valence-electron chi connectivity index (χ1n) is 11.7. The van der Waals surface area contributed by atoms with Crippen molar-refractivity contribution in [3.05, 3.63) is 71.3 Å². The van der Waals surface area contributed by atoms with Crippen LogP contribution in [-0.4, -0.2) is 81.3 Å². The number of ether oxygens (including phenoxy) is 2. The molecule has 0 radical (unpaired) electrons. The van der Waals surface area contributed by atoms with Crippen LogP contribution in [-0.2, 0) is 14.3 Å². The zero-order chi connectivity index (χ0) is 23.0. The highest BCUT2D eigenvalue weighted by Crippen LogP contribution is 2.42. The molecule has 0 unspecified atom stereocenters. The maximum Gasteiger partial charge on any atom is 0.254 e. The minimum Gasteiger partial charge on any atom is -0.383 e. The lowest BCUT2D eigenvalue weighted by Crippen LogP contribution is -2.48. The molecule has 33 heavy (non-hydrogen) atoms. The number of nitrogens with zero attached hydrogens (tertiary/aromatic N) is 2. The molecular weight excluding hydrogens is 418 g/mol. The van der Waals surface area contributed by atoms with E-state index in [1.165, 1.54) is 0 Å². The fourth-order valence-electron chi connectivity index (χ4n) is 4.78. The van der Waals surface area contributed by atoms with Crippen LogP contribution in [0.15, 0.2) is 54.6 Å². The Morgan fingerprint density at radius 2 is 1.79 bits per heavy atom. The van der Waals surface area contributed by atoms with Crippen molar-refractivity contribution in [1.82, 2.24) is 15.1 Å². The minimum absolute atomic E-state index is 0.0480. The molecule has 2 aromatic carbocycles. The molecule has 2 heterocycles. The molecule has 7 heteroatoms. The quantitative estimate of drug-likeness (QED) is 0.593. The molecule has 2 amide bonds. The van der Waals surface area contributed by atoms with Gasteiger partial charge in [0, 0.05) is 38.9 Å². The van der Waals surface area contributed by atoms with Gasteiger partial charge in [0.05, 0.1) is 31.8 Å². The highest BCUT2D eigenvalue weighted by atomic mass is 16.5. The molecule has 0 saturated carbocycles. The van der Waals surface area contributed by atoms with E-state index in [-0.39, 0.29) is 17.9 Å². The van der Waals surface area contributed by atoms with E-state index in [1.807, 2.05) is 54.6 Å². The number of nitrogens with one attached hydrogen (secondary N) is 1. The summed E-state index contributed by atoms with van der Waals surface area (Å²) < 4.78 is 10.7. The molecule has 176 valence electrons. The molecule has 0 aliphatic carbocycles.